The van der Waals surface area contributed by atoms with Crippen molar-refractivity contribution in [2.45, 2.75) is 24.9 Å². The van der Waals surface area contributed by atoms with Crippen LogP contribution in [0.25, 0.3) is 0 Å². The highest BCUT2D eigenvalue weighted by atomic mass is 16.5. The van der Waals surface area contributed by atoms with E-state index in [2.05, 4.69) is 10.6 Å². The summed E-state index contributed by atoms with van der Waals surface area (Å²) in [5.74, 6) is -0.809. The number of carbonyl (C=O) groups excluding carboxylic acids is 3. The second-order valence-electron chi connectivity index (χ2n) is 4.47. The fraction of sp³-hybridized carbons (Fsp3) is 0.727. The van der Waals surface area contributed by atoms with E-state index in [4.69, 9.17) is 4.74 Å². The van der Waals surface area contributed by atoms with Gasteiger partial charge in [-0.05, 0) is 6.42 Å². The van der Waals surface area contributed by atoms with Gasteiger partial charge in [-0.1, -0.05) is 0 Å². The lowest BCUT2D eigenvalue weighted by Crippen LogP contribution is -2.58. The van der Waals surface area contributed by atoms with Gasteiger partial charge in [0, 0.05) is 20.0 Å². The number of likely N-dealkylation sites (tertiary alicyclic amines) is 1. The highest BCUT2D eigenvalue weighted by Gasteiger charge is 2.34. The Labute approximate surface area is 105 Å². The normalized spacial score (nSPS) is 29.3. The zero-order chi connectivity index (χ0) is 13.1. The number of piperidine rings is 1. The molecule has 0 aromatic heterocycles. The Morgan fingerprint density at radius 3 is 2.94 bits per heavy atom. The van der Waals surface area contributed by atoms with E-state index in [9.17, 15) is 14.4 Å². The van der Waals surface area contributed by atoms with Crippen molar-refractivity contribution in [1.82, 2.24) is 15.5 Å². The van der Waals surface area contributed by atoms with Crippen molar-refractivity contribution in [2.75, 3.05) is 26.8 Å². The van der Waals surface area contributed by atoms with Crippen molar-refractivity contribution in [2.24, 2.45) is 0 Å². The average Bonchev–Trinajstić information content (AvgIpc) is 2.40. The molecule has 2 N–H and O–H groups in total. The van der Waals surface area contributed by atoms with Crippen LogP contribution in [-0.2, 0) is 19.1 Å². The molecule has 2 saturated heterocycles. The molecule has 2 atom stereocenters. The summed E-state index contributed by atoms with van der Waals surface area (Å²) in [6, 6.07) is -1.03. The maximum atomic E-state index is 11.9. The van der Waals surface area contributed by atoms with Crippen LogP contribution in [0.15, 0.2) is 0 Å². The summed E-state index contributed by atoms with van der Waals surface area (Å²) in [5.41, 5.74) is 0. The van der Waals surface area contributed by atoms with Gasteiger partial charge in [-0.2, -0.15) is 0 Å². The van der Waals surface area contributed by atoms with Gasteiger partial charge in [-0.25, -0.2) is 0 Å². The summed E-state index contributed by atoms with van der Waals surface area (Å²) >= 11 is 0. The fourth-order valence-corrected chi connectivity index (χ4v) is 2.06. The second kappa shape index (κ2) is 5.45. The van der Waals surface area contributed by atoms with Gasteiger partial charge in [0.25, 0.3) is 5.91 Å². The largest absolute Gasteiger partial charge is 0.378 e. The average molecular weight is 255 g/mol. The predicted molar refractivity (Wildman–Crippen MR) is 61.6 cm³/mol. The first-order chi connectivity index (χ1) is 8.59. The number of carbonyl (C=O) groups is 3. The van der Waals surface area contributed by atoms with Crippen LogP contribution >= 0.6 is 0 Å². The lowest BCUT2D eigenvalue weighted by molar-refractivity contribution is -0.149. The molecule has 2 rings (SSSR count). The van der Waals surface area contributed by atoms with Crippen LogP contribution in [0.1, 0.15) is 12.8 Å². The number of likely N-dealkylation sites (N-methyl/N-ethyl adjacent to an activating group) is 1. The van der Waals surface area contributed by atoms with Crippen molar-refractivity contribution in [3.8, 4) is 0 Å². The molecule has 18 heavy (non-hydrogen) atoms. The number of nitrogens with zero attached hydrogens (tertiary/aromatic N) is 1. The zero-order valence-corrected chi connectivity index (χ0v) is 10.3. The van der Waals surface area contributed by atoms with Crippen LogP contribution in [0.4, 0.5) is 0 Å². The Bertz CT molecular complexity index is 365. The summed E-state index contributed by atoms with van der Waals surface area (Å²) in [4.78, 5) is 36.0. The third-order valence-corrected chi connectivity index (χ3v) is 3.20. The molecule has 7 heteroatoms. The van der Waals surface area contributed by atoms with Crippen LogP contribution in [0, 0.1) is 0 Å². The number of rotatable bonds is 2. The van der Waals surface area contributed by atoms with E-state index in [1.54, 1.807) is 0 Å². The molecular weight excluding hydrogens is 238 g/mol. The molecule has 2 unspecified atom stereocenters. The molecule has 100 valence electrons. The molecule has 0 saturated carbocycles. The van der Waals surface area contributed by atoms with Gasteiger partial charge in [0.15, 0.2) is 0 Å². The zero-order valence-electron chi connectivity index (χ0n) is 10.3. The van der Waals surface area contributed by atoms with Gasteiger partial charge in [0.05, 0.1) is 13.2 Å². The van der Waals surface area contributed by atoms with Crippen LogP contribution in [-0.4, -0.2) is 61.5 Å². The summed E-state index contributed by atoms with van der Waals surface area (Å²) in [7, 11) is 1.44. The van der Waals surface area contributed by atoms with Crippen molar-refractivity contribution in [1.29, 1.82) is 0 Å². The number of imide groups is 1. The van der Waals surface area contributed by atoms with Crippen molar-refractivity contribution >= 4 is 17.7 Å². The molecule has 3 amide bonds. The van der Waals surface area contributed by atoms with E-state index in [-0.39, 0.29) is 24.1 Å². The highest BCUT2D eigenvalue weighted by molar-refractivity contribution is 6.01. The lowest BCUT2D eigenvalue weighted by atomic mass is 10.0. The molecule has 0 aliphatic carbocycles. The van der Waals surface area contributed by atoms with E-state index < -0.39 is 12.1 Å². The minimum Gasteiger partial charge on any atom is -0.378 e. The number of morpholine rings is 1. The third-order valence-electron chi connectivity index (χ3n) is 3.20. The molecule has 2 fully saturated rings. The van der Waals surface area contributed by atoms with Crippen LogP contribution in [0.5, 0.6) is 0 Å². The minimum atomic E-state index is -0.607. The van der Waals surface area contributed by atoms with Gasteiger partial charge in [-0.15, -0.1) is 0 Å². The maximum Gasteiger partial charge on any atom is 0.251 e. The molecule has 0 bridgehead atoms. The Hall–Kier alpha value is -1.47. The number of amides is 3. The molecule has 0 radical (unpaired) electrons. The number of nitrogens with one attached hydrogen (secondary N) is 2. The first-order valence-electron chi connectivity index (χ1n) is 6.01. The Balaban J connectivity index is 1.90. The highest BCUT2D eigenvalue weighted by Crippen LogP contribution is 2.11. The van der Waals surface area contributed by atoms with Gasteiger partial charge in [0.2, 0.25) is 11.8 Å². The quantitative estimate of drug-likeness (QED) is 0.571. The summed E-state index contributed by atoms with van der Waals surface area (Å²) < 4.78 is 5.18. The van der Waals surface area contributed by atoms with Crippen molar-refractivity contribution in [3.05, 3.63) is 0 Å². The third kappa shape index (κ3) is 2.68. The minimum absolute atomic E-state index is 0.204. The molecule has 0 aromatic rings. The van der Waals surface area contributed by atoms with Crippen LogP contribution in [0.2, 0.25) is 0 Å². The first-order valence-corrected chi connectivity index (χ1v) is 6.01. The maximum absolute atomic E-state index is 11.9. The van der Waals surface area contributed by atoms with Gasteiger partial charge >= 0.3 is 0 Å². The van der Waals surface area contributed by atoms with Crippen LogP contribution < -0.4 is 10.6 Å². The molecule has 0 aromatic carbocycles. The summed E-state index contributed by atoms with van der Waals surface area (Å²) in [6.45, 7) is 1.51. The molecule has 2 aliphatic rings. The Morgan fingerprint density at radius 2 is 2.28 bits per heavy atom. The topological polar surface area (TPSA) is 87.7 Å². The fourth-order valence-electron chi connectivity index (χ4n) is 2.06. The SMILES string of the molecule is CN1C(=O)CCC(NC(=O)C2COCCN2)C1=O. The molecule has 2 heterocycles. The standard InChI is InChI=1S/C11H17N3O4/c1-14-9(15)3-2-7(11(14)17)13-10(16)8-6-18-5-4-12-8/h7-8,12H,2-6H2,1H3,(H,13,16). The first kappa shape index (κ1) is 13.0. The molecular formula is C11H17N3O4. The molecule has 2 aliphatic heterocycles. The van der Waals surface area contributed by atoms with Crippen molar-refractivity contribution < 1.29 is 19.1 Å². The lowest BCUT2D eigenvalue weighted by Gasteiger charge is -2.30. The predicted octanol–water partition coefficient (Wildman–Crippen LogP) is -1.76. The van der Waals surface area contributed by atoms with E-state index in [0.717, 1.165) is 4.90 Å². The summed E-state index contributed by atoms with van der Waals surface area (Å²) in [6.07, 6.45) is 0.642. The van der Waals surface area contributed by atoms with Crippen molar-refractivity contribution in [3.63, 3.8) is 0 Å². The van der Waals surface area contributed by atoms with Gasteiger partial charge < -0.3 is 15.4 Å². The van der Waals surface area contributed by atoms with E-state index in [1.165, 1.54) is 7.05 Å². The Morgan fingerprint density at radius 1 is 1.50 bits per heavy atom. The number of hydrogen-bond acceptors (Lipinski definition) is 5. The summed E-state index contributed by atoms with van der Waals surface area (Å²) in [5, 5.41) is 5.68. The van der Waals surface area contributed by atoms with Gasteiger partial charge in [0.1, 0.15) is 12.1 Å². The second-order valence-corrected chi connectivity index (χ2v) is 4.47. The van der Waals surface area contributed by atoms with E-state index in [0.29, 0.717) is 26.2 Å². The van der Waals surface area contributed by atoms with Gasteiger partial charge in [-0.3, -0.25) is 19.3 Å². The number of hydrogen-bond donors (Lipinski definition) is 2. The van der Waals surface area contributed by atoms with E-state index >= 15 is 0 Å². The number of ether oxygens (including phenoxy) is 1. The smallest absolute Gasteiger partial charge is 0.251 e. The molecule has 7 nitrogen and oxygen atoms in total. The van der Waals surface area contributed by atoms with E-state index in [1.807, 2.05) is 0 Å². The molecule has 0 spiro atoms. The Kier molecular flexibility index (Phi) is 3.93. The van der Waals surface area contributed by atoms with Crippen LogP contribution in [0.3, 0.4) is 0 Å². The monoisotopic (exact) mass is 255 g/mol.